The Morgan fingerprint density at radius 2 is 1.96 bits per heavy atom. The van der Waals surface area contributed by atoms with E-state index in [1.807, 2.05) is 12.1 Å². The lowest BCUT2D eigenvalue weighted by Crippen LogP contribution is -2.29. The van der Waals surface area contributed by atoms with E-state index < -0.39 is 0 Å². The third-order valence-electron chi connectivity index (χ3n) is 4.41. The number of hydrogen-bond donors (Lipinski definition) is 5. The third-order valence-corrected chi connectivity index (χ3v) is 4.41. The van der Waals surface area contributed by atoms with Gasteiger partial charge in [-0.15, -0.1) is 0 Å². The Labute approximate surface area is 144 Å². The number of aliphatic hydroxyl groups is 2. The molecular weight excluding hydrogens is 304 g/mol. The molecule has 1 aromatic rings. The van der Waals surface area contributed by atoms with Gasteiger partial charge in [-0.2, -0.15) is 0 Å². The molecule has 6 nitrogen and oxygen atoms in total. The highest BCUT2D eigenvalue weighted by atomic mass is 16.3. The highest BCUT2D eigenvalue weighted by molar-refractivity contribution is 5.47. The minimum atomic E-state index is -0.324. The van der Waals surface area contributed by atoms with Gasteiger partial charge in [-0.3, -0.25) is 0 Å². The molecule has 1 heterocycles. The summed E-state index contributed by atoms with van der Waals surface area (Å²) in [4.78, 5) is 4.36. The summed E-state index contributed by atoms with van der Waals surface area (Å²) in [6.07, 6.45) is 3.89. The summed E-state index contributed by atoms with van der Waals surface area (Å²) in [6, 6.07) is 4.21. The molecule has 0 aromatic carbocycles. The molecule has 2 rings (SSSR count). The smallest absolute Gasteiger partial charge is 0.128 e. The van der Waals surface area contributed by atoms with Crippen LogP contribution < -0.4 is 16.4 Å². The molecule has 0 saturated heterocycles. The molecule has 0 bridgehead atoms. The van der Waals surface area contributed by atoms with Crippen LogP contribution in [0, 0.1) is 5.92 Å². The van der Waals surface area contributed by atoms with Crippen LogP contribution in [0.15, 0.2) is 12.1 Å². The van der Waals surface area contributed by atoms with Gasteiger partial charge >= 0.3 is 0 Å². The number of nitrogens with two attached hydrogens (primary N) is 1. The van der Waals surface area contributed by atoms with E-state index in [2.05, 4.69) is 29.5 Å². The van der Waals surface area contributed by atoms with Gasteiger partial charge in [0.05, 0.1) is 12.2 Å². The summed E-state index contributed by atoms with van der Waals surface area (Å²) in [7, 11) is 0. The molecule has 0 spiro atoms. The first-order valence-electron chi connectivity index (χ1n) is 9.02. The molecule has 24 heavy (non-hydrogen) atoms. The number of aliphatic hydroxyl groups excluding tert-OH is 2. The Morgan fingerprint density at radius 3 is 2.62 bits per heavy atom. The molecule has 0 radical (unpaired) electrons. The molecule has 1 aliphatic carbocycles. The normalized spacial score (nSPS) is 22.5. The highest BCUT2D eigenvalue weighted by Gasteiger charge is 2.19. The van der Waals surface area contributed by atoms with Gasteiger partial charge in [0.1, 0.15) is 11.6 Å². The average Bonchev–Trinajstić information content (AvgIpc) is 2.48. The molecule has 136 valence electrons. The molecule has 1 fully saturated rings. The van der Waals surface area contributed by atoms with Gasteiger partial charge in [0, 0.05) is 19.1 Å². The maximum atomic E-state index is 9.91. The molecule has 1 saturated carbocycles. The van der Waals surface area contributed by atoms with Crippen molar-refractivity contribution in [3.63, 3.8) is 0 Å². The van der Waals surface area contributed by atoms with Crippen LogP contribution in [0.3, 0.4) is 0 Å². The summed E-state index contributed by atoms with van der Waals surface area (Å²) in [5, 5.41) is 26.2. The van der Waals surface area contributed by atoms with Crippen LogP contribution in [-0.4, -0.2) is 40.0 Å². The summed E-state index contributed by atoms with van der Waals surface area (Å²) < 4.78 is 0. The van der Waals surface area contributed by atoms with Gasteiger partial charge in [-0.1, -0.05) is 13.8 Å². The molecule has 6 N–H and O–H groups in total. The second-order valence-electron chi connectivity index (χ2n) is 7.35. The number of nitrogens with one attached hydrogen (secondary N) is 2. The van der Waals surface area contributed by atoms with E-state index in [0.717, 1.165) is 43.5 Å². The fraction of sp³-hybridized carbons (Fsp3) is 0.722. The maximum Gasteiger partial charge on any atom is 0.128 e. The predicted octanol–water partition coefficient (Wildman–Crippen LogP) is 1.88. The van der Waals surface area contributed by atoms with E-state index >= 15 is 0 Å². The van der Waals surface area contributed by atoms with E-state index in [-0.39, 0.29) is 12.2 Å². The summed E-state index contributed by atoms with van der Waals surface area (Å²) in [5.41, 5.74) is 6.97. The van der Waals surface area contributed by atoms with Crippen LogP contribution in [0.5, 0.6) is 0 Å². The Balaban J connectivity index is 1.84. The molecule has 1 aromatic heterocycles. The molecule has 1 aliphatic rings. The first kappa shape index (κ1) is 19.0. The van der Waals surface area contributed by atoms with E-state index in [4.69, 9.17) is 5.73 Å². The molecule has 1 unspecified atom stereocenters. The number of rotatable bonds is 8. The topological polar surface area (TPSA) is 103 Å². The van der Waals surface area contributed by atoms with Gasteiger partial charge in [-0.05, 0) is 55.7 Å². The zero-order valence-electron chi connectivity index (χ0n) is 14.8. The second-order valence-corrected chi connectivity index (χ2v) is 7.35. The Hall–Kier alpha value is -1.37. The number of pyridine rings is 1. The van der Waals surface area contributed by atoms with Crippen LogP contribution in [0.2, 0.25) is 0 Å². The van der Waals surface area contributed by atoms with Crippen molar-refractivity contribution >= 4 is 11.6 Å². The molecule has 6 heteroatoms. The minimum absolute atomic E-state index is 0.158. The Bertz CT molecular complexity index is 502. The van der Waals surface area contributed by atoms with Crippen molar-refractivity contribution in [3.05, 3.63) is 17.7 Å². The third kappa shape index (κ3) is 6.63. The van der Waals surface area contributed by atoms with E-state index in [1.54, 1.807) is 0 Å². The van der Waals surface area contributed by atoms with Crippen molar-refractivity contribution in [1.29, 1.82) is 0 Å². The van der Waals surface area contributed by atoms with Gasteiger partial charge in [0.2, 0.25) is 0 Å². The van der Waals surface area contributed by atoms with Crippen molar-refractivity contribution in [3.8, 4) is 0 Å². The highest BCUT2D eigenvalue weighted by Crippen LogP contribution is 2.22. The van der Waals surface area contributed by atoms with Gasteiger partial charge in [-0.25, -0.2) is 4.98 Å². The summed E-state index contributed by atoms with van der Waals surface area (Å²) >= 11 is 0. The minimum Gasteiger partial charge on any atom is -0.393 e. The monoisotopic (exact) mass is 336 g/mol. The van der Waals surface area contributed by atoms with Crippen LogP contribution in [-0.2, 0) is 6.54 Å². The quantitative estimate of drug-likeness (QED) is 0.497. The number of nitrogen functional groups attached to an aromatic ring is 1. The molecule has 0 amide bonds. The van der Waals surface area contributed by atoms with Crippen molar-refractivity contribution in [2.45, 2.75) is 70.7 Å². The van der Waals surface area contributed by atoms with Crippen LogP contribution in [0.25, 0.3) is 0 Å². The molecular formula is C18H32N4O2. The van der Waals surface area contributed by atoms with Crippen LogP contribution in [0.1, 0.15) is 51.5 Å². The number of hydrogen-bond acceptors (Lipinski definition) is 6. The lowest BCUT2D eigenvalue weighted by Gasteiger charge is -2.26. The maximum absolute atomic E-state index is 9.91. The zero-order valence-corrected chi connectivity index (χ0v) is 14.8. The van der Waals surface area contributed by atoms with Crippen LogP contribution in [0.4, 0.5) is 11.6 Å². The predicted molar refractivity (Wildman–Crippen MR) is 97.7 cm³/mol. The lowest BCUT2D eigenvalue weighted by atomic mass is 9.93. The SMILES string of the molecule is CC(C)CC(O)CNCc1cc(N)nc(NC2CCC(O)CC2)c1. The first-order valence-corrected chi connectivity index (χ1v) is 9.02. The average molecular weight is 336 g/mol. The number of aromatic nitrogens is 1. The fourth-order valence-corrected chi connectivity index (χ4v) is 3.23. The molecule has 1 atom stereocenters. The Morgan fingerprint density at radius 1 is 1.25 bits per heavy atom. The van der Waals surface area contributed by atoms with Crippen LogP contribution >= 0.6 is 0 Å². The number of anilines is 2. The second kappa shape index (κ2) is 9.20. The van der Waals surface area contributed by atoms with Crippen molar-refractivity contribution in [1.82, 2.24) is 10.3 Å². The standard InChI is InChI=1S/C18H32N4O2/c1-12(2)7-16(24)11-20-10-13-8-17(19)22-18(9-13)21-14-3-5-15(23)6-4-14/h8-9,12,14-16,20,23-24H,3-7,10-11H2,1-2H3,(H3,19,21,22). The summed E-state index contributed by atoms with van der Waals surface area (Å²) in [6.45, 7) is 5.44. The van der Waals surface area contributed by atoms with E-state index in [1.165, 1.54) is 0 Å². The lowest BCUT2D eigenvalue weighted by molar-refractivity contribution is 0.126. The zero-order chi connectivity index (χ0) is 17.5. The largest absolute Gasteiger partial charge is 0.393 e. The van der Waals surface area contributed by atoms with E-state index in [0.29, 0.717) is 30.9 Å². The van der Waals surface area contributed by atoms with Gasteiger partial charge in [0.15, 0.2) is 0 Å². The van der Waals surface area contributed by atoms with Gasteiger partial charge < -0.3 is 26.6 Å². The van der Waals surface area contributed by atoms with Crippen molar-refractivity contribution in [2.24, 2.45) is 5.92 Å². The Kier molecular flexibility index (Phi) is 7.27. The van der Waals surface area contributed by atoms with Crippen molar-refractivity contribution in [2.75, 3.05) is 17.6 Å². The first-order chi connectivity index (χ1) is 11.4. The summed E-state index contributed by atoms with van der Waals surface area (Å²) in [5.74, 6) is 1.77. The van der Waals surface area contributed by atoms with E-state index in [9.17, 15) is 10.2 Å². The number of nitrogens with zero attached hydrogens (tertiary/aromatic N) is 1. The van der Waals surface area contributed by atoms with Gasteiger partial charge in [0.25, 0.3) is 0 Å². The molecule has 0 aliphatic heterocycles. The van der Waals surface area contributed by atoms with Crippen molar-refractivity contribution < 1.29 is 10.2 Å². The fourth-order valence-electron chi connectivity index (χ4n) is 3.23.